The molecule has 3 atom stereocenters. The van der Waals surface area contributed by atoms with Crippen LogP contribution in [0.5, 0.6) is 5.88 Å². The van der Waals surface area contributed by atoms with Crippen LogP contribution in [-0.4, -0.2) is 87.7 Å². The molecule has 6 heterocycles. The van der Waals surface area contributed by atoms with Gasteiger partial charge in [0.1, 0.15) is 35.6 Å². The molecule has 12 heteroatoms. The van der Waals surface area contributed by atoms with Crippen LogP contribution in [0.1, 0.15) is 13.3 Å². The van der Waals surface area contributed by atoms with Crippen LogP contribution < -0.4 is 14.5 Å². The van der Waals surface area contributed by atoms with Gasteiger partial charge < -0.3 is 34.1 Å². The van der Waals surface area contributed by atoms with Gasteiger partial charge in [0.05, 0.1) is 48.8 Å². The minimum absolute atomic E-state index is 0.0249. The van der Waals surface area contributed by atoms with Crippen molar-refractivity contribution in [2.45, 2.75) is 37.1 Å². The lowest BCUT2D eigenvalue weighted by Gasteiger charge is -2.53. The molecule has 3 aliphatic heterocycles. The van der Waals surface area contributed by atoms with E-state index < -0.39 is 18.1 Å². The maximum absolute atomic E-state index is 12.2. The Morgan fingerprint density at radius 1 is 1.27 bits per heavy atom. The average molecular weight is 527 g/mol. The van der Waals surface area contributed by atoms with E-state index in [0.717, 1.165) is 11.4 Å². The third-order valence-electron chi connectivity index (χ3n) is 7.40. The highest BCUT2D eigenvalue weighted by molar-refractivity contribution is 6.30. The number of hydrogen-bond donors (Lipinski definition) is 2. The second-order valence-corrected chi connectivity index (χ2v) is 10.0. The maximum Gasteiger partial charge on any atom is 0.326 e. The van der Waals surface area contributed by atoms with Gasteiger partial charge in [-0.2, -0.15) is 0 Å². The first kappa shape index (κ1) is 24.0. The van der Waals surface area contributed by atoms with Gasteiger partial charge in [-0.3, -0.25) is 0 Å². The van der Waals surface area contributed by atoms with Crippen molar-refractivity contribution >= 4 is 29.1 Å². The Hall–Kier alpha value is -3.41. The summed E-state index contributed by atoms with van der Waals surface area (Å²) in [6.07, 6.45) is 4.65. The standard InChI is InChI=1S/C25H27ClN6O5/c1-15-25(12-35-13-25)36-6-5-31(15)20-7-16(26)10-28-23(20)37-17-8-21(24(33)34)32(11-17)22-9-19(29-14-30-22)18-3-2-4-27-18/h2-4,7,9-10,14-15,17,21,27H,5-6,8,11-13H2,1H3,(H,33,34)/t15-,17-,21-/m0/s1. The van der Waals surface area contributed by atoms with Crippen LogP contribution in [0.25, 0.3) is 11.4 Å². The molecule has 6 rings (SSSR count). The number of H-pyrrole nitrogens is 1. The van der Waals surface area contributed by atoms with Crippen molar-refractivity contribution in [1.29, 1.82) is 0 Å². The molecule has 37 heavy (non-hydrogen) atoms. The smallest absolute Gasteiger partial charge is 0.326 e. The van der Waals surface area contributed by atoms with Gasteiger partial charge in [0.25, 0.3) is 0 Å². The van der Waals surface area contributed by atoms with E-state index >= 15 is 0 Å². The summed E-state index contributed by atoms with van der Waals surface area (Å²) in [6.45, 7) is 4.71. The van der Waals surface area contributed by atoms with Crippen molar-refractivity contribution in [3.05, 3.63) is 48.0 Å². The fourth-order valence-corrected chi connectivity index (χ4v) is 5.44. The Kier molecular flexibility index (Phi) is 6.13. The molecular formula is C25H27ClN6O5. The second kappa shape index (κ2) is 9.47. The van der Waals surface area contributed by atoms with Crippen LogP contribution in [0.4, 0.5) is 11.5 Å². The summed E-state index contributed by atoms with van der Waals surface area (Å²) >= 11 is 6.34. The topological polar surface area (TPSA) is 126 Å². The molecule has 3 saturated heterocycles. The molecule has 0 saturated carbocycles. The molecule has 0 aliphatic carbocycles. The van der Waals surface area contributed by atoms with Crippen LogP contribution in [0.2, 0.25) is 5.02 Å². The third kappa shape index (κ3) is 4.36. The van der Waals surface area contributed by atoms with Crippen molar-refractivity contribution in [2.24, 2.45) is 0 Å². The number of ether oxygens (including phenoxy) is 3. The van der Waals surface area contributed by atoms with E-state index in [2.05, 4.69) is 31.8 Å². The third-order valence-corrected chi connectivity index (χ3v) is 7.61. The number of carboxylic acids is 1. The predicted molar refractivity (Wildman–Crippen MR) is 135 cm³/mol. The Labute approximate surface area is 218 Å². The molecule has 0 radical (unpaired) electrons. The fourth-order valence-electron chi connectivity index (χ4n) is 5.28. The van der Waals surface area contributed by atoms with Crippen molar-refractivity contribution in [1.82, 2.24) is 19.9 Å². The molecule has 11 nitrogen and oxygen atoms in total. The zero-order chi connectivity index (χ0) is 25.6. The summed E-state index contributed by atoms with van der Waals surface area (Å²) in [5, 5.41) is 10.5. The zero-order valence-corrected chi connectivity index (χ0v) is 21.0. The number of carbonyl (C=O) groups is 1. The molecule has 3 aromatic heterocycles. The molecule has 2 N–H and O–H groups in total. The lowest BCUT2D eigenvalue weighted by molar-refractivity contribution is -0.228. The zero-order valence-electron chi connectivity index (χ0n) is 20.2. The Bertz CT molecular complexity index is 1290. The summed E-state index contributed by atoms with van der Waals surface area (Å²) in [4.78, 5) is 32.4. The van der Waals surface area contributed by atoms with E-state index in [0.29, 0.717) is 55.3 Å². The van der Waals surface area contributed by atoms with Crippen molar-refractivity contribution in [2.75, 3.05) is 42.7 Å². The Balaban J connectivity index is 1.26. The van der Waals surface area contributed by atoms with Gasteiger partial charge in [0, 0.05) is 31.4 Å². The van der Waals surface area contributed by atoms with E-state index in [1.165, 1.54) is 6.33 Å². The number of nitrogens with zero attached hydrogens (tertiary/aromatic N) is 5. The van der Waals surface area contributed by atoms with Crippen LogP contribution in [0.3, 0.4) is 0 Å². The first-order chi connectivity index (χ1) is 17.9. The number of nitrogens with one attached hydrogen (secondary N) is 1. The van der Waals surface area contributed by atoms with E-state index in [-0.39, 0.29) is 18.1 Å². The molecule has 0 unspecified atom stereocenters. The predicted octanol–water partition coefficient (Wildman–Crippen LogP) is 2.63. The molecule has 194 valence electrons. The number of morpholine rings is 1. The van der Waals surface area contributed by atoms with Gasteiger partial charge >= 0.3 is 5.97 Å². The number of aromatic nitrogens is 4. The summed E-state index contributed by atoms with van der Waals surface area (Å²) in [7, 11) is 0. The van der Waals surface area contributed by atoms with Crippen LogP contribution in [0, 0.1) is 0 Å². The first-order valence-electron chi connectivity index (χ1n) is 12.2. The van der Waals surface area contributed by atoms with Gasteiger partial charge in [-0.15, -0.1) is 0 Å². The van der Waals surface area contributed by atoms with Crippen LogP contribution in [-0.2, 0) is 14.3 Å². The lowest BCUT2D eigenvalue weighted by atomic mass is 9.90. The quantitative estimate of drug-likeness (QED) is 0.495. The number of hydrogen-bond acceptors (Lipinski definition) is 9. The highest BCUT2D eigenvalue weighted by Gasteiger charge is 2.50. The van der Waals surface area contributed by atoms with Crippen molar-refractivity contribution < 1.29 is 24.1 Å². The van der Waals surface area contributed by atoms with Gasteiger partial charge in [-0.1, -0.05) is 11.6 Å². The molecule has 3 aliphatic rings. The highest BCUT2D eigenvalue weighted by atomic mass is 35.5. The number of rotatable bonds is 6. The number of aromatic amines is 1. The van der Waals surface area contributed by atoms with E-state index in [9.17, 15) is 9.90 Å². The lowest BCUT2D eigenvalue weighted by Crippen LogP contribution is -2.68. The summed E-state index contributed by atoms with van der Waals surface area (Å²) in [5.41, 5.74) is 1.91. The Morgan fingerprint density at radius 2 is 2.14 bits per heavy atom. The molecule has 0 amide bonds. The van der Waals surface area contributed by atoms with E-state index in [1.807, 2.05) is 24.4 Å². The number of halogens is 1. The fraction of sp³-hybridized carbons (Fsp3) is 0.440. The molecule has 1 spiro atoms. The highest BCUT2D eigenvalue weighted by Crippen LogP contribution is 2.40. The van der Waals surface area contributed by atoms with Gasteiger partial charge in [0.2, 0.25) is 5.88 Å². The van der Waals surface area contributed by atoms with Crippen LogP contribution >= 0.6 is 11.6 Å². The number of anilines is 2. The Morgan fingerprint density at radius 3 is 2.86 bits per heavy atom. The summed E-state index contributed by atoms with van der Waals surface area (Å²) in [5.74, 6) is -0.000408. The summed E-state index contributed by atoms with van der Waals surface area (Å²) < 4.78 is 17.9. The monoisotopic (exact) mass is 526 g/mol. The minimum atomic E-state index is -0.941. The molecule has 0 aromatic carbocycles. The van der Waals surface area contributed by atoms with Gasteiger partial charge in [-0.25, -0.2) is 19.7 Å². The largest absolute Gasteiger partial charge is 0.480 e. The second-order valence-electron chi connectivity index (χ2n) is 9.58. The number of aliphatic carboxylic acids is 1. The molecule has 3 aromatic rings. The maximum atomic E-state index is 12.2. The first-order valence-corrected chi connectivity index (χ1v) is 12.6. The molecular weight excluding hydrogens is 500 g/mol. The molecule has 0 bridgehead atoms. The minimum Gasteiger partial charge on any atom is -0.480 e. The van der Waals surface area contributed by atoms with E-state index in [1.54, 1.807) is 17.2 Å². The van der Waals surface area contributed by atoms with Crippen molar-refractivity contribution in [3.63, 3.8) is 0 Å². The number of pyridine rings is 1. The number of carboxylic acid groups (broad SMARTS) is 1. The van der Waals surface area contributed by atoms with Gasteiger partial charge in [0.15, 0.2) is 0 Å². The average Bonchev–Trinajstić information content (AvgIpc) is 3.55. The molecule has 3 fully saturated rings. The summed E-state index contributed by atoms with van der Waals surface area (Å²) in [6, 6.07) is 6.63. The van der Waals surface area contributed by atoms with Crippen LogP contribution in [0.15, 0.2) is 43.0 Å². The van der Waals surface area contributed by atoms with Crippen molar-refractivity contribution in [3.8, 4) is 17.3 Å². The normalized spacial score (nSPS) is 24.8. The van der Waals surface area contributed by atoms with E-state index in [4.69, 9.17) is 25.8 Å². The SMILES string of the molecule is C[C@@H]1N(c2cc(Cl)cnc2O[C@H]2C[C@@H](C(=O)O)N(c3cc(-c4ccc[nH]4)ncn3)C2)CCOC12COC2. The van der Waals surface area contributed by atoms with Gasteiger partial charge in [-0.05, 0) is 25.1 Å².